The van der Waals surface area contributed by atoms with Crippen LogP contribution in [0.5, 0.6) is 5.75 Å². The first-order valence-corrected chi connectivity index (χ1v) is 6.42. The summed E-state index contributed by atoms with van der Waals surface area (Å²) in [5, 5.41) is 0. The zero-order valence-electron chi connectivity index (χ0n) is 10.9. The number of hydrogen-bond acceptors (Lipinski definition) is 2. The third kappa shape index (κ3) is 5.69. The fourth-order valence-electron chi connectivity index (χ4n) is 1.68. The van der Waals surface area contributed by atoms with Gasteiger partial charge < -0.3 is 9.64 Å². The van der Waals surface area contributed by atoms with Crippen molar-refractivity contribution < 1.29 is 22.7 Å². The normalized spacial score (nSPS) is 11.2. The van der Waals surface area contributed by atoms with Gasteiger partial charge in [0.1, 0.15) is 12.3 Å². The predicted octanol–water partition coefficient (Wildman–Crippen LogP) is 2.87. The molecule has 0 fully saturated rings. The van der Waals surface area contributed by atoms with Crippen LogP contribution in [0.1, 0.15) is 5.56 Å². The Morgan fingerprint density at radius 1 is 1.40 bits per heavy atom. The number of hydrogen-bond donors (Lipinski definition) is 0. The van der Waals surface area contributed by atoms with E-state index in [9.17, 15) is 18.0 Å². The van der Waals surface area contributed by atoms with Crippen molar-refractivity contribution >= 4 is 17.5 Å². The van der Waals surface area contributed by atoms with Crippen LogP contribution < -0.4 is 4.74 Å². The summed E-state index contributed by atoms with van der Waals surface area (Å²) in [4.78, 5) is 12.6. The SMILES string of the molecule is COc1cccc(CC(=O)N(CCCl)CC(F)(F)F)c1. The molecule has 0 spiro atoms. The third-order valence-electron chi connectivity index (χ3n) is 2.57. The zero-order chi connectivity index (χ0) is 15.2. The Hall–Kier alpha value is -1.43. The minimum absolute atomic E-state index is 0.0417. The molecule has 0 saturated heterocycles. The lowest BCUT2D eigenvalue weighted by Crippen LogP contribution is -2.40. The van der Waals surface area contributed by atoms with Crippen molar-refractivity contribution in [3.8, 4) is 5.75 Å². The molecule has 1 amide bonds. The second kappa shape index (κ2) is 7.38. The second-order valence-corrected chi connectivity index (χ2v) is 4.53. The lowest BCUT2D eigenvalue weighted by Gasteiger charge is -2.23. The van der Waals surface area contributed by atoms with Gasteiger partial charge in [0.05, 0.1) is 13.5 Å². The van der Waals surface area contributed by atoms with Crippen molar-refractivity contribution in [1.82, 2.24) is 4.90 Å². The summed E-state index contributed by atoms with van der Waals surface area (Å²) < 4.78 is 42.2. The van der Waals surface area contributed by atoms with E-state index in [0.717, 1.165) is 0 Å². The largest absolute Gasteiger partial charge is 0.497 e. The summed E-state index contributed by atoms with van der Waals surface area (Å²) in [5.41, 5.74) is 0.594. The van der Waals surface area contributed by atoms with Gasteiger partial charge in [-0.05, 0) is 17.7 Å². The Balaban J connectivity index is 2.74. The maximum atomic E-state index is 12.4. The molecule has 20 heavy (non-hydrogen) atoms. The quantitative estimate of drug-likeness (QED) is 0.756. The Bertz CT molecular complexity index is 451. The Morgan fingerprint density at radius 2 is 2.10 bits per heavy atom. The van der Waals surface area contributed by atoms with Crippen molar-refractivity contribution in [2.24, 2.45) is 0 Å². The van der Waals surface area contributed by atoms with Crippen molar-refractivity contribution in [3.05, 3.63) is 29.8 Å². The first kappa shape index (κ1) is 16.6. The molecule has 3 nitrogen and oxygen atoms in total. The lowest BCUT2D eigenvalue weighted by molar-refractivity contribution is -0.160. The van der Waals surface area contributed by atoms with Crippen molar-refractivity contribution in [2.45, 2.75) is 12.6 Å². The summed E-state index contributed by atoms with van der Waals surface area (Å²) >= 11 is 5.44. The molecule has 0 unspecified atom stereocenters. The first-order chi connectivity index (χ1) is 9.35. The van der Waals surface area contributed by atoms with E-state index in [-0.39, 0.29) is 18.8 Å². The first-order valence-electron chi connectivity index (χ1n) is 5.89. The highest BCUT2D eigenvalue weighted by Gasteiger charge is 2.32. The fraction of sp³-hybridized carbons (Fsp3) is 0.462. The molecule has 0 bridgehead atoms. The minimum Gasteiger partial charge on any atom is -0.497 e. The highest BCUT2D eigenvalue weighted by atomic mass is 35.5. The molecule has 1 rings (SSSR count). The molecule has 0 saturated carbocycles. The topological polar surface area (TPSA) is 29.5 Å². The number of methoxy groups -OCH3 is 1. The smallest absolute Gasteiger partial charge is 0.406 e. The molecule has 0 aliphatic carbocycles. The number of benzene rings is 1. The van der Waals surface area contributed by atoms with Crippen LogP contribution in [0.2, 0.25) is 0 Å². The highest BCUT2D eigenvalue weighted by molar-refractivity contribution is 6.18. The van der Waals surface area contributed by atoms with E-state index in [1.807, 2.05) is 0 Å². The van der Waals surface area contributed by atoms with Crippen LogP contribution in [0.4, 0.5) is 13.2 Å². The molecule has 112 valence electrons. The van der Waals surface area contributed by atoms with Crippen LogP contribution >= 0.6 is 11.6 Å². The van der Waals surface area contributed by atoms with Gasteiger partial charge >= 0.3 is 6.18 Å². The summed E-state index contributed by atoms with van der Waals surface area (Å²) in [7, 11) is 1.48. The third-order valence-corrected chi connectivity index (χ3v) is 2.74. The van der Waals surface area contributed by atoms with E-state index >= 15 is 0 Å². The van der Waals surface area contributed by atoms with Gasteiger partial charge in [-0.2, -0.15) is 13.2 Å². The van der Waals surface area contributed by atoms with Gasteiger partial charge in [-0.15, -0.1) is 11.6 Å². The number of ether oxygens (including phenoxy) is 1. The molecule has 0 aliphatic heterocycles. The maximum Gasteiger partial charge on any atom is 0.406 e. The Labute approximate surface area is 120 Å². The molecule has 0 aliphatic rings. The Morgan fingerprint density at radius 3 is 2.65 bits per heavy atom. The number of halogens is 4. The summed E-state index contributed by atoms with van der Waals surface area (Å²) in [5.74, 6) is -0.105. The van der Waals surface area contributed by atoms with Crippen LogP contribution in [0.3, 0.4) is 0 Å². The van der Waals surface area contributed by atoms with Crippen molar-refractivity contribution in [2.75, 3.05) is 26.1 Å². The Kier molecular flexibility index (Phi) is 6.13. The molecular weight excluding hydrogens is 295 g/mol. The van der Waals surface area contributed by atoms with Gasteiger partial charge in [0.25, 0.3) is 0 Å². The van der Waals surface area contributed by atoms with Crippen molar-refractivity contribution in [1.29, 1.82) is 0 Å². The minimum atomic E-state index is -4.43. The van der Waals surface area contributed by atoms with Crippen molar-refractivity contribution in [3.63, 3.8) is 0 Å². The number of carbonyl (C=O) groups excluding carboxylic acids is 1. The van der Waals surface area contributed by atoms with E-state index in [0.29, 0.717) is 16.2 Å². The average molecular weight is 310 g/mol. The average Bonchev–Trinajstić information content (AvgIpc) is 2.37. The van der Waals surface area contributed by atoms with Crippen LogP contribution in [0, 0.1) is 0 Å². The van der Waals surface area contributed by atoms with Gasteiger partial charge in [-0.25, -0.2) is 0 Å². The van der Waals surface area contributed by atoms with E-state index in [1.165, 1.54) is 7.11 Å². The van der Waals surface area contributed by atoms with Crippen LogP contribution in [-0.4, -0.2) is 43.1 Å². The molecule has 1 aromatic carbocycles. The number of rotatable bonds is 6. The van der Waals surface area contributed by atoms with Gasteiger partial charge in [-0.1, -0.05) is 12.1 Å². The van der Waals surface area contributed by atoms with Gasteiger partial charge in [0, 0.05) is 12.4 Å². The van der Waals surface area contributed by atoms with E-state index < -0.39 is 18.6 Å². The molecule has 1 aromatic rings. The summed E-state index contributed by atoms with van der Waals surface area (Å²) in [6, 6.07) is 6.65. The van der Waals surface area contributed by atoms with E-state index in [2.05, 4.69) is 0 Å². The molecule has 0 atom stereocenters. The lowest BCUT2D eigenvalue weighted by atomic mass is 10.1. The van der Waals surface area contributed by atoms with Crippen LogP contribution in [0.25, 0.3) is 0 Å². The van der Waals surface area contributed by atoms with Crippen LogP contribution in [-0.2, 0) is 11.2 Å². The van der Waals surface area contributed by atoms with E-state index in [4.69, 9.17) is 16.3 Å². The molecule has 0 heterocycles. The number of amides is 1. The van der Waals surface area contributed by atoms with Gasteiger partial charge in [0.15, 0.2) is 0 Å². The summed E-state index contributed by atoms with van der Waals surface area (Å²) in [6.45, 7) is -1.42. The highest BCUT2D eigenvalue weighted by Crippen LogP contribution is 2.18. The second-order valence-electron chi connectivity index (χ2n) is 4.15. The summed E-state index contributed by atoms with van der Waals surface area (Å²) in [6.07, 6.45) is -4.56. The molecule has 0 radical (unpaired) electrons. The molecule has 0 N–H and O–H groups in total. The van der Waals surface area contributed by atoms with Crippen LogP contribution in [0.15, 0.2) is 24.3 Å². The monoisotopic (exact) mass is 309 g/mol. The fourth-order valence-corrected chi connectivity index (χ4v) is 1.88. The maximum absolute atomic E-state index is 12.4. The van der Waals surface area contributed by atoms with Gasteiger partial charge in [-0.3, -0.25) is 4.79 Å². The number of nitrogens with zero attached hydrogens (tertiary/aromatic N) is 1. The molecular formula is C13H15ClF3NO2. The number of alkyl halides is 4. The molecule has 7 heteroatoms. The predicted molar refractivity (Wildman–Crippen MR) is 70.1 cm³/mol. The standard InChI is InChI=1S/C13H15ClF3NO2/c1-20-11-4-2-3-10(7-11)8-12(19)18(6-5-14)9-13(15,16)17/h2-4,7H,5-6,8-9H2,1H3. The molecule has 0 aromatic heterocycles. The van der Waals surface area contributed by atoms with Gasteiger partial charge in [0.2, 0.25) is 5.91 Å². The zero-order valence-corrected chi connectivity index (χ0v) is 11.7. The van der Waals surface area contributed by atoms with E-state index in [1.54, 1.807) is 24.3 Å². The number of carbonyl (C=O) groups is 1.